The lowest BCUT2D eigenvalue weighted by atomic mass is 10.1. The van der Waals surface area contributed by atoms with Gasteiger partial charge in [-0.3, -0.25) is 0 Å². The number of carboxylic acid groups (broad SMARTS) is 1. The normalized spacial score (nSPS) is 17.2. The van der Waals surface area contributed by atoms with Gasteiger partial charge in [-0.2, -0.15) is 0 Å². The largest absolute Gasteiger partial charge is 0.465 e. The first kappa shape index (κ1) is 11.1. The summed E-state index contributed by atoms with van der Waals surface area (Å²) in [6.07, 6.45) is 2.76. The Bertz CT molecular complexity index is 570. The van der Waals surface area contributed by atoms with Crippen molar-refractivity contribution in [3.8, 4) is 0 Å². The molecular formula is C13H15N3O2. The van der Waals surface area contributed by atoms with Gasteiger partial charge in [0.25, 0.3) is 0 Å². The average Bonchev–Trinajstić information content (AvgIpc) is 2.82. The summed E-state index contributed by atoms with van der Waals surface area (Å²) in [6.45, 7) is 1.21. The fraction of sp³-hybridized carbons (Fsp3) is 0.385. The van der Waals surface area contributed by atoms with Crippen LogP contribution < -0.4 is 0 Å². The monoisotopic (exact) mass is 245 g/mol. The molecule has 1 aliphatic rings. The molecule has 0 saturated carbocycles. The number of rotatable bonds is 1. The third kappa shape index (κ3) is 1.81. The van der Waals surface area contributed by atoms with Crippen LogP contribution in [0.25, 0.3) is 11.0 Å². The van der Waals surface area contributed by atoms with Crippen molar-refractivity contribution in [3.63, 3.8) is 0 Å². The highest BCUT2D eigenvalue weighted by molar-refractivity contribution is 5.75. The summed E-state index contributed by atoms with van der Waals surface area (Å²) < 4.78 is 2.18. The Labute approximate surface area is 105 Å². The second kappa shape index (κ2) is 4.33. The van der Waals surface area contributed by atoms with Crippen molar-refractivity contribution in [3.05, 3.63) is 30.6 Å². The van der Waals surface area contributed by atoms with Crippen LogP contribution in [-0.4, -0.2) is 38.7 Å². The molecule has 1 fully saturated rings. The lowest BCUT2D eigenvalue weighted by Gasteiger charge is -2.30. The maximum atomic E-state index is 10.9. The number of amides is 1. The molecule has 1 saturated heterocycles. The van der Waals surface area contributed by atoms with E-state index in [2.05, 4.69) is 15.6 Å². The molecule has 0 aliphatic carbocycles. The molecule has 1 amide bonds. The van der Waals surface area contributed by atoms with Gasteiger partial charge < -0.3 is 14.6 Å². The van der Waals surface area contributed by atoms with E-state index in [0.717, 1.165) is 23.9 Å². The highest BCUT2D eigenvalue weighted by Crippen LogP contribution is 2.26. The van der Waals surface area contributed by atoms with Crippen molar-refractivity contribution in [1.29, 1.82) is 0 Å². The lowest BCUT2D eigenvalue weighted by Crippen LogP contribution is -2.37. The quantitative estimate of drug-likeness (QED) is 0.839. The second-order valence-corrected chi connectivity index (χ2v) is 4.64. The number of carbonyl (C=O) groups is 1. The summed E-state index contributed by atoms with van der Waals surface area (Å²) >= 11 is 0. The van der Waals surface area contributed by atoms with E-state index in [0.29, 0.717) is 19.1 Å². The van der Waals surface area contributed by atoms with Crippen LogP contribution in [0, 0.1) is 0 Å². The molecule has 0 spiro atoms. The standard InChI is InChI=1S/C13H15N3O2/c17-13(18)15-7-5-10(6-8-15)16-9-14-11-3-1-2-4-12(11)16/h1-4,9-10H,5-8H2,(H,17,18). The average molecular weight is 245 g/mol. The van der Waals surface area contributed by atoms with E-state index in [9.17, 15) is 4.79 Å². The van der Waals surface area contributed by atoms with Gasteiger partial charge >= 0.3 is 6.09 Å². The van der Waals surface area contributed by atoms with Crippen LogP contribution in [0.1, 0.15) is 18.9 Å². The molecule has 2 aromatic rings. The van der Waals surface area contributed by atoms with Crippen molar-refractivity contribution >= 4 is 17.1 Å². The van der Waals surface area contributed by atoms with E-state index in [1.54, 1.807) is 0 Å². The maximum absolute atomic E-state index is 10.9. The number of benzene rings is 1. The minimum absolute atomic E-state index is 0.355. The van der Waals surface area contributed by atoms with Crippen LogP contribution in [0.4, 0.5) is 4.79 Å². The zero-order valence-corrected chi connectivity index (χ0v) is 9.99. The molecular weight excluding hydrogens is 230 g/mol. The van der Waals surface area contributed by atoms with Crippen molar-refractivity contribution in [2.24, 2.45) is 0 Å². The molecule has 3 rings (SSSR count). The summed E-state index contributed by atoms with van der Waals surface area (Å²) in [4.78, 5) is 16.7. The molecule has 0 unspecified atom stereocenters. The second-order valence-electron chi connectivity index (χ2n) is 4.64. The Hall–Kier alpha value is -2.04. The SMILES string of the molecule is O=C(O)N1CCC(n2cnc3ccccc32)CC1. The van der Waals surface area contributed by atoms with Gasteiger partial charge in [0.05, 0.1) is 17.4 Å². The number of imidazole rings is 1. The first-order valence-electron chi connectivity index (χ1n) is 6.15. The van der Waals surface area contributed by atoms with Gasteiger partial charge in [0.15, 0.2) is 0 Å². The number of aromatic nitrogens is 2. The summed E-state index contributed by atoms with van der Waals surface area (Å²) in [6, 6.07) is 8.40. The number of nitrogens with zero attached hydrogens (tertiary/aromatic N) is 3. The Morgan fingerprint density at radius 1 is 1.28 bits per heavy atom. The summed E-state index contributed by atoms with van der Waals surface area (Å²) in [7, 11) is 0. The van der Waals surface area contributed by atoms with Crippen LogP contribution in [0.3, 0.4) is 0 Å². The van der Waals surface area contributed by atoms with Crippen LogP contribution >= 0.6 is 0 Å². The molecule has 1 aromatic heterocycles. The Morgan fingerprint density at radius 3 is 2.72 bits per heavy atom. The van der Waals surface area contributed by atoms with Gasteiger partial charge in [0.1, 0.15) is 0 Å². The number of fused-ring (bicyclic) bond motifs is 1. The van der Waals surface area contributed by atoms with Gasteiger partial charge in [0, 0.05) is 19.1 Å². The minimum atomic E-state index is -0.816. The molecule has 5 heteroatoms. The predicted octanol–water partition coefficient (Wildman–Crippen LogP) is 2.35. The molecule has 1 aromatic carbocycles. The lowest BCUT2D eigenvalue weighted by molar-refractivity contribution is 0.126. The number of hydrogen-bond acceptors (Lipinski definition) is 2. The molecule has 0 bridgehead atoms. The Kier molecular flexibility index (Phi) is 2.66. The third-order valence-corrected chi connectivity index (χ3v) is 3.61. The highest BCUT2D eigenvalue weighted by atomic mass is 16.4. The molecule has 1 aliphatic heterocycles. The molecule has 1 N–H and O–H groups in total. The van der Waals surface area contributed by atoms with Crippen molar-refractivity contribution in [2.45, 2.75) is 18.9 Å². The van der Waals surface area contributed by atoms with Gasteiger partial charge in [-0.1, -0.05) is 12.1 Å². The van der Waals surface area contributed by atoms with Crippen molar-refractivity contribution in [1.82, 2.24) is 14.5 Å². The van der Waals surface area contributed by atoms with Crippen LogP contribution in [0.5, 0.6) is 0 Å². The predicted molar refractivity (Wildman–Crippen MR) is 67.6 cm³/mol. The number of hydrogen-bond donors (Lipinski definition) is 1. The zero-order valence-electron chi connectivity index (χ0n) is 9.99. The molecule has 0 atom stereocenters. The fourth-order valence-corrected chi connectivity index (χ4v) is 2.60. The third-order valence-electron chi connectivity index (χ3n) is 3.61. The Balaban J connectivity index is 1.82. The Morgan fingerprint density at radius 2 is 2.00 bits per heavy atom. The molecule has 2 heterocycles. The van der Waals surface area contributed by atoms with E-state index in [1.165, 1.54) is 4.90 Å². The summed E-state index contributed by atoms with van der Waals surface area (Å²) in [5, 5.41) is 8.93. The fourth-order valence-electron chi connectivity index (χ4n) is 2.60. The molecule has 94 valence electrons. The van der Waals surface area contributed by atoms with Gasteiger partial charge in [-0.05, 0) is 25.0 Å². The number of piperidine rings is 1. The van der Waals surface area contributed by atoms with E-state index < -0.39 is 6.09 Å². The van der Waals surface area contributed by atoms with E-state index in [-0.39, 0.29) is 0 Å². The van der Waals surface area contributed by atoms with Gasteiger partial charge in [-0.15, -0.1) is 0 Å². The molecule has 5 nitrogen and oxygen atoms in total. The van der Waals surface area contributed by atoms with Crippen LogP contribution in [-0.2, 0) is 0 Å². The maximum Gasteiger partial charge on any atom is 0.407 e. The highest BCUT2D eigenvalue weighted by Gasteiger charge is 2.23. The van der Waals surface area contributed by atoms with Gasteiger partial charge in [0.2, 0.25) is 0 Å². The zero-order chi connectivity index (χ0) is 12.5. The first-order valence-corrected chi connectivity index (χ1v) is 6.15. The van der Waals surface area contributed by atoms with Crippen molar-refractivity contribution in [2.75, 3.05) is 13.1 Å². The summed E-state index contributed by atoms with van der Waals surface area (Å²) in [5.74, 6) is 0. The van der Waals surface area contributed by atoms with Crippen molar-refractivity contribution < 1.29 is 9.90 Å². The first-order chi connectivity index (χ1) is 8.75. The van der Waals surface area contributed by atoms with Crippen LogP contribution in [0.15, 0.2) is 30.6 Å². The topological polar surface area (TPSA) is 58.4 Å². The molecule has 18 heavy (non-hydrogen) atoms. The smallest absolute Gasteiger partial charge is 0.407 e. The van der Waals surface area contributed by atoms with E-state index in [1.807, 2.05) is 24.5 Å². The minimum Gasteiger partial charge on any atom is -0.465 e. The van der Waals surface area contributed by atoms with Gasteiger partial charge in [-0.25, -0.2) is 9.78 Å². The molecule has 0 radical (unpaired) electrons. The van der Waals surface area contributed by atoms with E-state index in [4.69, 9.17) is 5.11 Å². The number of para-hydroxylation sites is 2. The number of likely N-dealkylation sites (tertiary alicyclic amines) is 1. The summed E-state index contributed by atoms with van der Waals surface area (Å²) in [5.41, 5.74) is 2.13. The van der Waals surface area contributed by atoms with E-state index >= 15 is 0 Å². The van der Waals surface area contributed by atoms with Crippen LogP contribution in [0.2, 0.25) is 0 Å².